The summed E-state index contributed by atoms with van der Waals surface area (Å²) in [6.45, 7) is 2.22. The molecule has 1 amide bonds. The van der Waals surface area contributed by atoms with E-state index >= 15 is 0 Å². The van der Waals surface area contributed by atoms with E-state index < -0.39 is 0 Å². The fourth-order valence-corrected chi connectivity index (χ4v) is 1.98. The predicted molar refractivity (Wildman–Crippen MR) is 79.9 cm³/mol. The second-order valence-corrected chi connectivity index (χ2v) is 4.63. The second-order valence-electron chi connectivity index (χ2n) is 4.63. The molecule has 4 nitrogen and oxygen atoms in total. The van der Waals surface area contributed by atoms with Crippen molar-refractivity contribution in [2.24, 2.45) is 0 Å². The van der Waals surface area contributed by atoms with E-state index in [2.05, 4.69) is 17.2 Å². The van der Waals surface area contributed by atoms with Gasteiger partial charge in [0, 0.05) is 24.1 Å². The van der Waals surface area contributed by atoms with Crippen LogP contribution in [0.15, 0.2) is 41.0 Å². The molecule has 0 aliphatic rings. The summed E-state index contributed by atoms with van der Waals surface area (Å²) < 4.78 is 5.21. The van der Waals surface area contributed by atoms with E-state index in [0.717, 1.165) is 16.9 Å². The molecule has 1 aromatic heterocycles. The average molecular weight is 283 g/mol. The number of furan rings is 1. The predicted octanol–water partition coefficient (Wildman–Crippen LogP) is 1.90. The number of amides is 1. The van der Waals surface area contributed by atoms with E-state index in [1.807, 2.05) is 31.2 Å². The fraction of sp³-hybridized carbons (Fsp3) is 0.235. The zero-order chi connectivity index (χ0) is 15.1. The fourth-order valence-electron chi connectivity index (χ4n) is 1.98. The Morgan fingerprint density at radius 3 is 2.95 bits per heavy atom. The van der Waals surface area contributed by atoms with Crippen molar-refractivity contribution in [1.82, 2.24) is 5.32 Å². The molecule has 1 heterocycles. The molecule has 21 heavy (non-hydrogen) atoms. The Hall–Kier alpha value is -2.51. The molecule has 1 aromatic carbocycles. The van der Waals surface area contributed by atoms with E-state index in [0.29, 0.717) is 18.5 Å². The molecule has 2 rings (SSSR count). The van der Waals surface area contributed by atoms with Crippen molar-refractivity contribution in [2.45, 2.75) is 13.3 Å². The molecule has 0 spiro atoms. The quantitative estimate of drug-likeness (QED) is 0.842. The van der Waals surface area contributed by atoms with Crippen molar-refractivity contribution in [3.05, 3.63) is 59.0 Å². The summed E-state index contributed by atoms with van der Waals surface area (Å²) in [5.41, 5.74) is 2.24. The Balaban J connectivity index is 1.99. The van der Waals surface area contributed by atoms with Crippen molar-refractivity contribution < 1.29 is 14.3 Å². The van der Waals surface area contributed by atoms with Crippen LogP contribution in [0.5, 0.6) is 0 Å². The summed E-state index contributed by atoms with van der Waals surface area (Å²) in [7, 11) is 0. The Kier molecular flexibility index (Phi) is 5.19. The van der Waals surface area contributed by atoms with E-state index in [1.165, 1.54) is 0 Å². The lowest BCUT2D eigenvalue weighted by atomic mass is 10.1. The number of aliphatic hydroxyl groups excluding tert-OH is 1. The molecular weight excluding hydrogens is 266 g/mol. The van der Waals surface area contributed by atoms with Gasteiger partial charge in [0.25, 0.3) is 5.91 Å². The normalized spacial score (nSPS) is 9.81. The summed E-state index contributed by atoms with van der Waals surface area (Å²) in [6, 6.07) is 9.11. The molecule has 108 valence electrons. The standard InChI is InChI=1S/C17H17NO3/c1-13-10-14(4-2-8-19)12-15(11-13)17(20)18-7-6-16-5-3-9-21-16/h3,5,9-12,19H,6-8H2,1H3,(H,18,20). The van der Waals surface area contributed by atoms with Crippen molar-refractivity contribution in [3.63, 3.8) is 0 Å². The van der Waals surface area contributed by atoms with Gasteiger partial charge in [-0.3, -0.25) is 4.79 Å². The molecule has 0 aliphatic carbocycles. The molecule has 0 aliphatic heterocycles. The van der Waals surface area contributed by atoms with Gasteiger partial charge in [-0.05, 0) is 42.8 Å². The molecule has 0 fully saturated rings. The van der Waals surface area contributed by atoms with Gasteiger partial charge in [-0.2, -0.15) is 0 Å². The summed E-state index contributed by atoms with van der Waals surface area (Å²) in [5.74, 6) is 6.10. The number of aryl methyl sites for hydroxylation is 1. The largest absolute Gasteiger partial charge is 0.469 e. The van der Waals surface area contributed by atoms with Crippen LogP contribution in [-0.4, -0.2) is 24.2 Å². The summed E-state index contributed by atoms with van der Waals surface area (Å²) in [5, 5.41) is 11.6. The summed E-state index contributed by atoms with van der Waals surface area (Å²) in [6.07, 6.45) is 2.27. The van der Waals surface area contributed by atoms with Crippen LogP contribution in [0.2, 0.25) is 0 Å². The first-order valence-electron chi connectivity index (χ1n) is 6.71. The van der Waals surface area contributed by atoms with Gasteiger partial charge in [0.05, 0.1) is 6.26 Å². The minimum absolute atomic E-state index is 0.141. The second kappa shape index (κ2) is 7.32. The highest BCUT2D eigenvalue weighted by Gasteiger charge is 2.07. The topological polar surface area (TPSA) is 62.5 Å². The maximum absolute atomic E-state index is 12.1. The molecule has 4 heteroatoms. The lowest BCUT2D eigenvalue weighted by Gasteiger charge is -2.06. The van der Waals surface area contributed by atoms with Crippen LogP contribution in [0.1, 0.15) is 27.2 Å². The van der Waals surface area contributed by atoms with Gasteiger partial charge in [0.2, 0.25) is 0 Å². The smallest absolute Gasteiger partial charge is 0.251 e. The van der Waals surface area contributed by atoms with Crippen molar-refractivity contribution >= 4 is 5.91 Å². The Morgan fingerprint density at radius 1 is 1.38 bits per heavy atom. The number of benzene rings is 1. The van der Waals surface area contributed by atoms with Gasteiger partial charge in [-0.1, -0.05) is 11.8 Å². The average Bonchev–Trinajstić information content (AvgIpc) is 2.97. The molecule has 0 unspecified atom stereocenters. The minimum atomic E-state index is -0.196. The van der Waals surface area contributed by atoms with Crippen LogP contribution in [0.4, 0.5) is 0 Å². The summed E-state index contributed by atoms with van der Waals surface area (Å²) in [4.78, 5) is 12.1. The first-order valence-corrected chi connectivity index (χ1v) is 6.71. The van der Waals surface area contributed by atoms with Gasteiger partial charge in [-0.25, -0.2) is 0 Å². The van der Waals surface area contributed by atoms with Gasteiger partial charge >= 0.3 is 0 Å². The van der Waals surface area contributed by atoms with E-state index in [4.69, 9.17) is 9.52 Å². The molecule has 2 aromatic rings. The third kappa shape index (κ3) is 4.51. The van der Waals surface area contributed by atoms with Crippen molar-refractivity contribution in [3.8, 4) is 11.8 Å². The number of rotatable bonds is 4. The van der Waals surface area contributed by atoms with Crippen molar-refractivity contribution in [2.75, 3.05) is 13.2 Å². The lowest BCUT2D eigenvalue weighted by molar-refractivity contribution is 0.0953. The van der Waals surface area contributed by atoms with Gasteiger partial charge in [-0.15, -0.1) is 0 Å². The lowest BCUT2D eigenvalue weighted by Crippen LogP contribution is -2.25. The Bertz CT molecular complexity index is 663. The van der Waals surface area contributed by atoms with Crippen molar-refractivity contribution in [1.29, 1.82) is 0 Å². The first-order chi connectivity index (χ1) is 10.2. The maximum atomic E-state index is 12.1. The Morgan fingerprint density at radius 2 is 2.24 bits per heavy atom. The Labute approximate surface area is 123 Å². The zero-order valence-corrected chi connectivity index (χ0v) is 11.8. The van der Waals surface area contributed by atoms with E-state index in [1.54, 1.807) is 12.3 Å². The highest BCUT2D eigenvalue weighted by molar-refractivity contribution is 5.94. The number of nitrogens with one attached hydrogen (secondary N) is 1. The van der Waals surface area contributed by atoms with Crippen LogP contribution < -0.4 is 5.32 Å². The number of aliphatic hydroxyl groups is 1. The molecular formula is C17H17NO3. The zero-order valence-electron chi connectivity index (χ0n) is 11.8. The van der Waals surface area contributed by atoms with Gasteiger partial charge < -0.3 is 14.8 Å². The SMILES string of the molecule is Cc1cc(C#CCO)cc(C(=O)NCCc2ccco2)c1. The molecule has 0 saturated heterocycles. The number of hydrogen-bond acceptors (Lipinski definition) is 3. The molecule has 0 atom stereocenters. The van der Waals surface area contributed by atoms with Crippen LogP contribution in [-0.2, 0) is 6.42 Å². The van der Waals surface area contributed by atoms with Crippen LogP contribution in [0.3, 0.4) is 0 Å². The van der Waals surface area contributed by atoms with Crippen LogP contribution in [0, 0.1) is 18.8 Å². The maximum Gasteiger partial charge on any atom is 0.251 e. The number of carbonyl (C=O) groups is 1. The van der Waals surface area contributed by atoms with E-state index in [9.17, 15) is 4.79 Å². The highest BCUT2D eigenvalue weighted by atomic mass is 16.3. The highest BCUT2D eigenvalue weighted by Crippen LogP contribution is 2.09. The molecule has 2 N–H and O–H groups in total. The number of carbonyl (C=O) groups excluding carboxylic acids is 1. The van der Waals surface area contributed by atoms with Gasteiger partial charge in [0.1, 0.15) is 12.4 Å². The molecule has 0 saturated carbocycles. The minimum Gasteiger partial charge on any atom is -0.469 e. The third-order valence-corrected chi connectivity index (χ3v) is 2.89. The summed E-state index contributed by atoms with van der Waals surface area (Å²) >= 11 is 0. The van der Waals surface area contributed by atoms with Crippen LogP contribution in [0.25, 0.3) is 0 Å². The van der Waals surface area contributed by atoms with Crippen LogP contribution >= 0.6 is 0 Å². The monoisotopic (exact) mass is 283 g/mol. The van der Waals surface area contributed by atoms with E-state index in [-0.39, 0.29) is 12.5 Å². The molecule has 0 bridgehead atoms. The first kappa shape index (κ1) is 14.9. The van der Waals surface area contributed by atoms with Gasteiger partial charge in [0.15, 0.2) is 0 Å². The molecule has 0 radical (unpaired) electrons. The number of hydrogen-bond donors (Lipinski definition) is 2. The third-order valence-electron chi connectivity index (χ3n) is 2.89.